The average molecular weight is 349 g/mol. The Hall–Kier alpha value is -2.48. The minimum Gasteiger partial charge on any atom is -0.477 e. The van der Waals surface area contributed by atoms with Crippen LogP contribution >= 0.6 is 0 Å². The fourth-order valence-electron chi connectivity index (χ4n) is 3.47. The summed E-state index contributed by atoms with van der Waals surface area (Å²) in [6.07, 6.45) is 1.05. The van der Waals surface area contributed by atoms with Crippen LogP contribution in [0.2, 0.25) is 0 Å². The number of anilines is 1. The maximum atomic E-state index is 14.6. The molecule has 1 aromatic carbocycles. The van der Waals surface area contributed by atoms with E-state index in [9.17, 15) is 23.5 Å². The number of carboxylic acid groups (broad SMARTS) is 1. The van der Waals surface area contributed by atoms with Gasteiger partial charge in [0.25, 0.3) is 0 Å². The summed E-state index contributed by atoms with van der Waals surface area (Å²) in [6, 6.07) is 1.97. The summed E-state index contributed by atoms with van der Waals surface area (Å²) in [7, 11) is 0. The summed E-state index contributed by atoms with van der Waals surface area (Å²) in [5, 5.41) is 9.17. The Morgan fingerprint density at radius 2 is 2.08 bits per heavy atom. The molecule has 1 saturated carbocycles. The van der Waals surface area contributed by atoms with Gasteiger partial charge in [0.05, 0.1) is 17.2 Å². The second-order valence-corrected chi connectivity index (χ2v) is 6.72. The molecule has 1 aromatic heterocycles. The minimum atomic E-state index is -1.41. The smallest absolute Gasteiger partial charge is 0.341 e. The molecule has 2 fully saturated rings. The molecule has 2 unspecified atom stereocenters. The standard InChI is InChI=1S/C17H17F2N3O3/c18-11-3-9-13(5-14(11)21-2-1-8(20)6-21)22(15-4-12(15)19)7-10(16(9)23)17(24)25/h3,5,7-8,12,15H,1-2,4,6,20H2,(H,24,25)/t8-,12?,15?/m0/s1. The van der Waals surface area contributed by atoms with Crippen LogP contribution in [0.1, 0.15) is 29.2 Å². The van der Waals surface area contributed by atoms with Gasteiger partial charge in [0.1, 0.15) is 17.6 Å². The molecule has 25 heavy (non-hydrogen) atoms. The Kier molecular flexibility index (Phi) is 3.54. The van der Waals surface area contributed by atoms with Gasteiger partial charge in [-0.25, -0.2) is 13.6 Å². The van der Waals surface area contributed by atoms with Crippen molar-refractivity contribution in [3.8, 4) is 0 Å². The molecule has 132 valence electrons. The van der Waals surface area contributed by atoms with Crippen LogP contribution in [0, 0.1) is 5.82 Å². The third-order valence-corrected chi connectivity index (χ3v) is 4.93. The second kappa shape index (κ2) is 5.52. The molecule has 3 atom stereocenters. The lowest BCUT2D eigenvalue weighted by Gasteiger charge is -2.21. The van der Waals surface area contributed by atoms with Crippen LogP contribution in [0.25, 0.3) is 10.9 Å². The molecule has 1 aliphatic carbocycles. The first-order valence-corrected chi connectivity index (χ1v) is 8.13. The Balaban J connectivity index is 1.95. The van der Waals surface area contributed by atoms with Crippen LogP contribution in [-0.4, -0.2) is 40.9 Å². The molecule has 0 spiro atoms. The Bertz CT molecular complexity index is 943. The van der Waals surface area contributed by atoms with E-state index in [1.807, 2.05) is 0 Å². The van der Waals surface area contributed by atoms with Crippen molar-refractivity contribution in [3.05, 3.63) is 39.9 Å². The monoisotopic (exact) mass is 349 g/mol. The van der Waals surface area contributed by atoms with E-state index in [-0.39, 0.29) is 17.8 Å². The third kappa shape index (κ3) is 2.57. The zero-order chi connectivity index (χ0) is 17.9. The largest absolute Gasteiger partial charge is 0.477 e. The summed E-state index contributed by atoms with van der Waals surface area (Å²) >= 11 is 0. The van der Waals surface area contributed by atoms with Crippen LogP contribution in [0.3, 0.4) is 0 Å². The highest BCUT2D eigenvalue weighted by molar-refractivity contribution is 5.93. The lowest BCUT2D eigenvalue weighted by atomic mass is 10.1. The molecule has 2 aromatic rings. The highest BCUT2D eigenvalue weighted by Gasteiger charge is 2.40. The molecular formula is C17H17F2N3O3. The second-order valence-electron chi connectivity index (χ2n) is 6.72. The number of aromatic carboxylic acids is 1. The quantitative estimate of drug-likeness (QED) is 0.880. The van der Waals surface area contributed by atoms with Crippen molar-refractivity contribution < 1.29 is 18.7 Å². The van der Waals surface area contributed by atoms with Crippen molar-refractivity contribution in [1.82, 2.24) is 4.57 Å². The van der Waals surface area contributed by atoms with Gasteiger partial charge in [-0.3, -0.25) is 4.79 Å². The van der Waals surface area contributed by atoms with E-state index in [2.05, 4.69) is 0 Å². The van der Waals surface area contributed by atoms with Crippen molar-refractivity contribution in [3.63, 3.8) is 0 Å². The van der Waals surface area contributed by atoms with E-state index in [0.29, 0.717) is 24.3 Å². The zero-order valence-corrected chi connectivity index (χ0v) is 13.3. The van der Waals surface area contributed by atoms with Gasteiger partial charge in [-0.2, -0.15) is 0 Å². The minimum absolute atomic E-state index is 0.0506. The van der Waals surface area contributed by atoms with Gasteiger partial charge < -0.3 is 20.3 Å². The van der Waals surface area contributed by atoms with Gasteiger partial charge in [-0.15, -0.1) is 0 Å². The van der Waals surface area contributed by atoms with Gasteiger partial charge in [0, 0.05) is 37.1 Å². The molecule has 8 heteroatoms. The van der Waals surface area contributed by atoms with E-state index in [4.69, 9.17) is 5.73 Å². The number of carboxylic acids is 1. The SMILES string of the molecule is N[C@H]1CCN(c2cc3c(cc2F)c(=O)c(C(=O)O)cn3C2CC2F)C1. The van der Waals surface area contributed by atoms with Crippen LogP contribution in [0.4, 0.5) is 14.5 Å². The molecule has 2 aliphatic rings. The predicted molar refractivity (Wildman–Crippen MR) is 88.5 cm³/mol. The number of aromatic nitrogens is 1. The molecule has 4 rings (SSSR count). The Labute approximate surface area is 141 Å². The van der Waals surface area contributed by atoms with Gasteiger partial charge in [0.15, 0.2) is 0 Å². The number of hydrogen-bond acceptors (Lipinski definition) is 4. The number of halogens is 2. The number of nitrogens with two attached hydrogens (primary N) is 1. The molecule has 2 heterocycles. The maximum absolute atomic E-state index is 14.6. The Morgan fingerprint density at radius 1 is 1.36 bits per heavy atom. The maximum Gasteiger partial charge on any atom is 0.341 e. The normalized spacial score (nSPS) is 25.6. The van der Waals surface area contributed by atoms with Gasteiger partial charge in [-0.05, 0) is 18.6 Å². The molecule has 0 amide bonds. The molecule has 6 nitrogen and oxygen atoms in total. The lowest BCUT2D eigenvalue weighted by Crippen LogP contribution is -2.27. The number of benzene rings is 1. The van der Waals surface area contributed by atoms with Crippen LogP contribution < -0.4 is 16.1 Å². The van der Waals surface area contributed by atoms with E-state index in [0.717, 1.165) is 18.7 Å². The van der Waals surface area contributed by atoms with Crippen LogP contribution in [0.15, 0.2) is 23.1 Å². The summed E-state index contributed by atoms with van der Waals surface area (Å²) < 4.78 is 29.6. The lowest BCUT2D eigenvalue weighted by molar-refractivity contribution is 0.0694. The van der Waals surface area contributed by atoms with Crippen molar-refractivity contribution in [2.24, 2.45) is 5.73 Å². The van der Waals surface area contributed by atoms with E-state index >= 15 is 0 Å². The van der Waals surface area contributed by atoms with E-state index in [1.54, 1.807) is 4.90 Å². The highest BCUT2D eigenvalue weighted by atomic mass is 19.1. The number of carbonyl (C=O) groups is 1. The van der Waals surface area contributed by atoms with Crippen LogP contribution in [0.5, 0.6) is 0 Å². The van der Waals surface area contributed by atoms with Gasteiger partial charge in [-0.1, -0.05) is 0 Å². The first-order valence-electron chi connectivity index (χ1n) is 8.13. The highest BCUT2D eigenvalue weighted by Crippen LogP contribution is 2.41. The number of fused-ring (bicyclic) bond motifs is 1. The van der Waals surface area contributed by atoms with Gasteiger partial charge in [0.2, 0.25) is 5.43 Å². The average Bonchev–Trinajstić information content (AvgIpc) is 3.11. The summed E-state index contributed by atoms with van der Waals surface area (Å²) in [4.78, 5) is 25.5. The summed E-state index contributed by atoms with van der Waals surface area (Å²) in [5.41, 5.74) is 5.27. The van der Waals surface area contributed by atoms with E-state index < -0.39 is 35.0 Å². The summed E-state index contributed by atoms with van der Waals surface area (Å²) in [5.74, 6) is -2.02. The number of rotatable bonds is 3. The molecule has 0 bridgehead atoms. The van der Waals surface area contributed by atoms with Crippen molar-refractivity contribution in [2.45, 2.75) is 31.1 Å². The van der Waals surface area contributed by atoms with Crippen LogP contribution in [-0.2, 0) is 0 Å². The number of nitrogens with zero attached hydrogens (tertiary/aromatic N) is 2. The first kappa shape index (κ1) is 16.0. The van der Waals surface area contributed by atoms with E-state index in [1.165, 1.54) is 10.6 Å². The zero-order valence-electron chi connectivity index (χ0n) is 13.3. The van der Waals surface area contributed by atoms with Crippen molar-refractivity contribution in [1.29, 1.82) is 0 Å². The molecular weight excluding hydrogens is 332 g/mol. The Morgan fingerprint density at radius 3 is 2.64 bits per heavy atom. The molecule has 1 saturated heterocycles. The number of alkyl halides is 1. The topological polar surface area (TPSA) is 88.6 Å². The van der Waals surface area contributed by atoms with Crippen molar-refractivity contribution >= 4 is 22.6 Å². The molecule has 3 N–H and O–H groups in total. The fourth-order valence-corrected chi connectivity index (χ4v) is 3.47. The summed E-state index contributed by atoms with van der Waals surface area (Å²) in [6.45, 7) is 1.09. The molecule has 0 radical (unpaired) electrons. The van der Waals surface area contributed by atoms with Crippen molar-refractivity contribution in [2.75, 3.05) is 18.0 Å². The first-order chi connectivity index (χ1) is 11.9. The predicted octanol–water partition coefficient (Wildman–Crippen LogP) is 1.66. The van der Waals surface area contributed by atoms with Gasteiger partial charge >= 0.3 is 5.97 Å². The molecule has 1 aliphatic heterocycles. The fraction of sp³-hybridized carbons (Fsp3) is 0.412. The number of pyridine rings is 1. The number of hydrogen-bond donors (Lipinski definition) is 2. The third-order valence-electron chi connectivity index (χ3n) is 4.93.